The molecular formula is C27H28N2O2Si. The van der Waals surface area contributed by atoms with Crippen LogP contribution in [0.2, 0.25) is 19.6 Å². The van der Waals surface area contributed by atoms with Crippen molar-refractivity contribution in [2.24, 2.45) is 5.16 Å². The number of benzene rings is 2. The summed E-state index contributed by atoms with van der Waals surface area (Å²) < 4.78 is 6.26. The second-order valence-electron chi connectivity index (χ2n) is 9.97. The summed E-state index contributed by atoms with van der Waals surface area (Å²) in [5, 5.41) is 9.42. The second kappa shape index (κ2) is 7.96. The van der Waals surface area contributed by atoms with E-state index in [0.717, 1.165) is 16.2 Å². The minimum atomic E-state index is -1.40. The maximum Gasteiger partial charge on any atom is 0.171 e. The van der Waals surface area contributed by atoms with Crippen LogP contribution in [0.5, 0.6) is 0 Å². The lowest BCUT2D eigenvalue weighted by Crippen LogP contribution is -2.37. The Kier molecular flexibility index (Phi) is 5.44. The Morgan fingerprint density at radius 2 is 1.78 bits per heavy atom. The van der Waals surface area contributed by atoms with Gasteiger partial charge in [-0.05, 0) is 49.7 Å². The number of hydrogen-bond acceptors (Lipinski definition) is 4. The minimum absolute atomic E-state index is 0.449. The van der Waals surface area contributed by atoms with Crippen LogP contribution >= 0.6 is 0 Å². The fourth-order valence-electron chi connectivity index (χ4n) is 3.48. The number of rotatable bonds is 3. The monoisotopic (exact) mass is 440 g/mol. The third-order valence-corrected chi connectivity index (χ3v) is 7.24. The van der Waals surface area contributed by atoms with Gasteiger partial charge in [-0.25, -0.2) is 0 Å². The molecule has 32 heavy (non-hydrogen) atoms. The first kappa shape index (κ1) is 21.9. The van der Waals surface area contributed by atoms with Crippen molar-refractivity contribution in [1.29, 1.82) is 0 Å². The van der Waals surface area contributed by atoms with E-state index in [1.54, 1.807) is 0 Å². The number of aromatic nitrogens is 1. The molecule has 162 valence electrons. The van der Waals surface area contributed by atoms with E-state index in [-0.39, 0.29) is 0 Å². The summed E-state index contributed by atoms with van der Waals surface area (Å²) in [4.78, 5) is 10.5. The molecule has 0 unspecified atom stereocenters. The number of pyridine rings is 1. The van der Waals surface area contributed by atoms with Gasteiger partial charge in [0.15, 0.2) is 5.76 Å². The summed E-state index contributed by atoms with van der Waals surface area (Å²) in [6.07, 6.45) is 7.84. The number of terminal acetylenes is 1. The maximum absolute atomic E-state index is 6.26. The molecule has 0 N–H and O–H groups in total. The van der Waals surface area contributed by atoms with Crippen molar-refractivity contribution < 1.29 is 9.25 Å². The van der Waals surface area contributed by atoms with E-state index < -0.39 is 13.7 Å². The fourth-order valence-corrected chi connectivity index (χ4v) is 4.65. The zero-order valence-corrected chi connectivity index (χ0v) is 20.5. The largest absolute Gasteiger partial charge is 0.453 e. The zero-order valence-electron chi connectivity index (χ0n) is 19.5. The molecular weight excluding hydrogens is 412 g/mol. The van der Waals surface area contributed by atoms with Crippen LogP contribution in [0.15, 0.2) is 64.3 Å². The van der Waals surface area contributed by atoms with Gasteiger partial charge in [-0.15, -0.1) is 6.42 Å². The summed E-state index contributed by atoms with van der Waals surface area (Å²) in [5.74, 6) is 3.28. The number of hydrogen-bond donors (Lipinski definition) is 0. The Morgan fingerprint density at radius 3 is 2.47 bits per heavy atom. The molecule has 5 heteroatoms. The van der Waals surface area contributed by atoms with Crippen LogP contribution in [-0.4, -0.2) is 18.7 Å². The van der Waals surface area contributed by atoms with Crippen LogP contribution in [0.3, 0.4) is 0 Å². The third kappa shape index (κ3) is 4.32. The summed E-state index contributed by atoms with van der Waals surface area (Å²) in [7, 11) is -1.40. The van der Waals surface area contributed by atoms with Gasteiger partial charge in [0, 0.05) is 11.6 Å². The molecule has 0 aliphatic rings. The molecule has 0 radical (unpaired) electrons. The van der Waals surface area contributed by atoms with Crippen LogP contribution in [0.1, 0.15) is 26.3 Å². The standard InChI is InChI=1S/C27H28N2O2Si/c1-8-21-25(29-31-27(2,3)4)22-11-9-10-12-24(22)30-26(21)23-16-18-13-14-20(32(5,6)7)15-19(18)17-28-23/h1,9-17H,2-7H3. The van der Waals surface area contributed by atoms with Crippen molar-refractivity contribution in [1.82, 2.24) is 4.98 Å². The zero-order chi connectivity index (χ0) is 23.1. The van der Waals surface area contributed by atoms with Gasteiger partial charge in [0.2, 0.25) is 0 Å². The molecule has 0 bridgehead atoms. The molecule has 0 saturated heterocycles. The number of fused-ring (bicyclic) bond motifs is 2. The molecule has 2 aromatic carbocycles. The highest BCUT2D eigenvalue weighted by atomic mass is 28.3. The molecule has 0 saturated carbocycles. The van der Waals surface area contributed by atoms with Gasteiger partial charge < -0.3 is 9.25 Å². The first-order valence-electron chi connectivity index (χ1n) is 10.7. The van der Waals surface area contributed by atoms with E-state index in [9.17, 15) is 0 Å². The van der Waals surface area contributed by atoms with Crippen molar-refractivity contribution >= 4 is 35.0 Å². The average Bonchev–Trinajstić information content (AvgIpc) is 2.74. The average molecular weight is 441 g/mol. The lowest BCUT2D eigenvalue weighted by Gasteiger charge is -2.17. The molecule has 0 spiro atoms. The molecule has 4 rings (SSSR count). The van der Waals surface area contributed by atoms with Crippen LogP contribution in [0.4, 0.5) is 0 Å². The molecule has 2 heterocycles. The Morgan fingerprint density at radius 1 is 1.03 bits per heavy atom. The normalized spacial score (nSPS) is 12.8. The van der Waals surface area contributed by atoms with E-state index >= 15 is 0 Å². The van der Waals surface area contributed by atoms with Crippen LogP contribution < -0.4 is 10.5 Å². The molecule has 2 aromatic heterocycles. The number of para-hydroxylation sites is 1. The lowest BCUT2D eigenvalue weighted by atomic mass is 10.1. The van der Waals surface area contributed by atoms with Gasteiger partial charge in [-0.1, -0.05) is 66.2 Å². The van der Waals surface area contributed by atoms with Crippen LogP contribution in [0.25, 0.3) is 33.2 Å². The Bertz CT molecular complexity index is 1430. The van der Waals surface area contributed by atoms with E-state index in [1.165, 1.54) is 5.19 Å². The molecule has 0 amide bonds. The molecule has 4 nitrogen and oxygen atoms in total. The van der Waals surface area contributed by atoms with E-state index in [1.807, 2.05) is 57.3 Å². The van der Waals surface area contributed by atoms with Gasteiger partial charge in [-0.3, -0.25) is 4.98 Å². The predicted octanol–water partition coefficient (Wildman–Crippen LogP) is 5.81. The van der Waals surface area contributed by atoms with Gasteiger partial charge in [0.05, 0.1) is 13.6 Å². The fraction of sp³-hybridized carbons (Fsp3) is 0.259. The van der Waals surface area contributed by atoms with Crippen molar-refractivity contribution in [2.75, 3.05) is 0 Å². The Labute approximate surface area is 190 Å². The highest BCUT2D eigenvalue weighted by Crippen LogP contribution is 2.27. The molecule has 0 fully saturated rings. The van der Waals surface area contributed by atoms with Crippen LogP contribution in [-0.2, 0) is 4.84 Å². The molecule has 0 aliphatic heterocycles. The van der Waals surface area contributed by atoms with Crippen molar-refractivity contribution in [2.45, 2.75) is 46.0 Å². The first-order valence-corrected chi connectivity index (χ1v) is 14.2. The molecule has 0 atom stereocenters. The summed E-state index contributed by atoms with van der Waals surface area (Å²) >= 11 is 0. The third-order valence-electron chi connectivity index (χ3n) is 5.19. The van der Waals surface area contributed by atoms with Gasteiger partial charge >= 0.3 is 0 Å². The highest BCUT2D eigenvalue weighted by Gasteiger charge is 2.19. The molecule has 4 aromatic rings. The first-order chi connectivity index (χ1) is 15.1. The van der Waals surface area contributed by atoms with Gasteiger partial charge in [-0.2, -0.15) is 0 Å². The maximum atomic E-state index is 6.26. The predicted molar refractivity (Wildman–Crippen MR) is 134 cm³/mol. The minimum Gasteiger partial charge on any atom is -0.453 e. The van der Waals surface area contributed by atoms with Gasteiger partial charge in [0.1, 0.15) is 22.2 Å². The smallest absolute Gasteiger partial charge is 0.171 e. The summed E-state index contributed by atoms with van der Waals surface area (Å²) in [6, 6.07) is 16.3. The van der Waals surface area contributed by atoms with Gasteiger partial charge in [0.25, 0.3) is 0 Å². The lowest BCUT2D eigenvalue weighted by molar-refractivity contribution is -0.00590. The van der Waals surface area contributed by atoms with E-state index in [2.05, 4.69) is 48.9 Å². The Hall–Kier alpha value is -3.36. The summed E-state index contributed by atoms with van der Waals surface area (Å²) in [5.41, 5.74) is 1.42. The summed E-state index contributed by atoms with van der Waals surface area (Å²) in [6.45, 7) is 12.9. The van der Waals surface area contributed by atoms with Crippen molar-refractivity contribution in [3.8, 4) is 23.8 Å². The number of nitrogens with zero attached hydrogens (tertiary/aromatic N) is 2. The SMILES string of the molecule is C#Cc1c(-c2cc3ccc([Si](C)(C)C)cc3cn2)oc2ccccc2c1=NOC(C)(C)C. The van der Waals surface area contributed by atoms with Crippen LogP contribution in [0, 0.1) is 12.3 Å². The quantitative estimate of drug-likeness (QED) is 0.230. The van der Waals surface area contributed by atoms with E-state index in [4.69, 9.17) is 20.7 Å². The second-order valence-corrected chi connectivity index (χ2v) is 15.0. The van der Waals surface area contributed by atoms with Crippen molar-refractivity contribution in [3.05, 3.63) is 65.6 Å². The van der Waals surface area contributed by atoms with Crippen molar-refractivity contribution in [3.63, 3.8) is 0 Å². The Balaban J connectivity index is 1.96. The topological polar surface area (TPSA) is 47.6 Å². The van der Waals surface area contributed by atoms with E-state index in [0.29, 0.717) is 28.0 Å². The highest BCUT2D eigenvalue weighted by molar-refractivity contribution is 6.88. The molecule has 0 aliphatic carbocycles.